The van der Waals surface area contributed by atoms with E-state index in [1.807, 2.05) is 0 Å². The Morgan fingerprint density at radius 2 is 2.25 bits per heavy atom. The maximum atomic E-state index is 11.6. The lowest BCUT2D eigenvalue weighted by molar-refractivity contribution is -0.150. The summed E-state index contributed by atoms with van der Waals surface area (Å²) in [5, 5.41) is 0. The van der Waals surface area contributed by atoms with Gasteiger partial charge < -0.3 is 23.8 Å². The Labute approximate surface area is 113 Å². The molecule has 2 aromatic heterocycles. The Morgan fingerprint density at radius 3 is 3.00 bits per heavy atom. The van der Waals surface area contributed by atoms with Crippen molar-refractivity contribution in [2.75, 3.05) is 0 Å². The Morgan fingerprint density at radius 1 is 1.45 bits per heavy atom. The minimum Gasteiger partial charge on any atom is -0.342 e. The van der Waals surface area contributed by atoms with E-state index in [-0.39, 0.29) is 11.1 Å². The molecule has 0 aromatic carbocycles. The second kappa shape index (κ2) is 4.50. The van der Waals surface area contributed by atoms with Gasteiger partial charge in [0.2, 0.25) is 0 Å². The summed E-state index contributed by atoms with van der Waals surface area (Å²) in [6.07, 6.45) is 2.45. The number of aromatic nitrogens is 4. The van der Waals surface area contributed by atoms with E-state index in [0.29, 0.717) is 12.2 Å². The summed E-state index contributed by atoms with van der Waals surface area (Å²) >= 11 is 0. The van der Waals surface area contributed by atoms with Crippen molar-refractivity contribution in [3.63, 3.8) is 0 Å². The molecule has 8 nitrogen and oxygen atoms in total. The molecule has 0 saturated carbocycles. The van der Waals surface area contributed by atoms with Crippen LogP contribution in [-0.2, 0) is 20.8 Å². The molecule has 1 aliphatic rings. The van der Waals surface area contributed by atoms with E-state index in [0.717, 1.165) is 6.29 Å². The van der Waals surface area contributed by atoms with Crippen molar-refractivity contribution < 1.29 is 14.3 Å². The highest BCUT2D eigenvalue weighted by molar-refractivity contribution is 5.68. The normalized spacial score (nSPS) is 25.1. The number of hydrogen-bond donors (Lipinski definition) is 1. The predicted molar refractivity (Wildman–Crippen MR) is 68.0 cm³/mol. The van der Waals surface area contributed by atoms with Crippen molar-refractivity contribution in [2.45, 2.75) is 38.4 Å². The largest absolute Gasteiger partial charge is 0.342 e. The first-order chi connectivity index (χ1) is 9.50. The Kier molecular flexibility index (Phi) is 2.91. The fraction of sp³-hybridized carbons (Fsp3) is 0.500. The molecule has 8 heteroatoms. The summed E-state index contributed by atoms with van der Waals surface area (Å²) in [4.78, 5) is 33.2. The number of carbonyl (C=O) groups excluding carboxylic acids is 1. The van der Waals surface area contributed by atoms with Crippen LogP contribution in [0.3, 0.4) is 0 Å². The maximum absolute atomic E-state index is 11.6. The Bertz CT molecular complexity index is 705. The van der Waals surface area contributed by atoms with Gasteiger partial charge in [0.15, 0.2) is 23.2 Å². The monoisotopic (exact) mass is 278 g/mol. The standard InChI is InChI=1S/C12H14N4O4/c1-12(2)19-7(8(4-17)20-12)3-16-6-15-9-10(16)13-5-14-11(9)18/h4-8H,3H2,1-2H3,(H,13,14,18)/t7-,8+/m0/s1. The van der Waals surface area contributed by atoms with Crippen LogP contribution in [0.5, 0.6) is 0 Å². The molecule has 20 heavy (non-hydrogen) atoms. The highest BCUT2D eigenvalue weighted by Crippen LogP contribution is 2.28. The van der Waals surface area contributed by atoms with Gasteiger partial charge in [-0.1, -0.05) is 0 Å². The number of carbonyl (C=O) groups is 1. The number of nitrogens with zero attached hydrogens (tertiary/aromatic N) is 3. The van der Waals surface area contributed by atoms with Gasteiger partial charge >= 0.3 is 0 Å². The van der Waals surface area contributed by atoms with E-state index < -0.39 is 18.0 Å². The maximum Gasteiger partial charge on any atom is 0.278 e. The van der Waals surface area contributed by atoms with Crippen LogP contribution >= 0.6 is 0 Å². The molecule has 3 heterocycles. The van der Waals surface area contributed by atoms with Crippen LogP contribution in [0.1, 0.15) is 13.8 Å². The number of imidazole rings is 1. The highest BCUT2D eigenvalue weighted by atomic mass is 16.8. The molecule has 1 aliphatic heterocycles. The SMILES string of the molecule is CC1(C)O[C@@H](Cn2cnc3c(=O)[nH]cnc32)[C@@H](C=O)O1. The minimum atomic E-state index is -0.808. The number of ether oxygens (including phenoxy) is 2. The van der Waals surface area contributed by atoms with Gasteiger partial charge in [0.1, 0.15) is 12.2 Å². The van der Waals surface area contributed by atoms with Crippen LogP contribution in [0.2, 0.25) is 0 Å². The van der Waals surface area contributed by atoms with Crippen LogP contribution in [0.4, 0.5) is 0 Å². The first-order valence-corrected chi connectivity index (χ1v) is 6.19. The lowest BCUT2D eigenvalue weighted by atomic mass is 10.2. The van der Waals surface area contributed by atoms with E-state index in [9.17, 15) is 9.59 Å². The van der Waals surface area contributed by atoms with Crippen LogP contribution in [0, 0.1) is 0 Å². The predicted octanol–water partition coefficient (Wildman–Crippen LogP) is -0.161. The molecule has 1 fully saturated rings. The number of fused-ring (bicyclic) bond motifs is 1. The van der Waals surface area contributed by atoms with E-state index in [1.165, 1.54) is 12.7 Å². The van der Waals surface area contributed by atoms with E-state index >= 15 is 0 Å². The quantitative estimate of drug-likeness (QED) is 0.783. The fourth-order valence-corrected chi connectivity index (χ4v) is 2.34. The van der Waals surface area contributed by atoms with Crippen molar-refractivity contribution in [2.24, 2.45) is 0 Å². The van der Waals surface area contributed by atoms with Crippen molar-refractivity contribution in [3.8, 4) is 0 Å². The summed E-state index contributed by atoms with van der Waals surface area (Å²) in [6.45, 7) is 3.83. The number of aromatic amines is 1. The van der Waals surface area contributed by atoms with Crippen molar-refractivity contribution in [1.82, 2.24) is 19.5 Å². The summed E-state index contributed by atoms with van der Waals surface area (Å²) in [5.74, 6) is -0.808. The van der Waals surface area contributed by atoms with Gasteiger partial charge in [-0.15, -0.1) is 0 Å². The first-order valence-electron chi connectivity index (χ1n) is 6.19. The number of nitrogens with one attached hydrogen (secondary N) is 1. The van der Waals surface area contributed by atoms with Crippen molar-refractivity contribution >= 4 is 17.5 Å². The highest BCUT2D eigenvalue weighted by Gasteiger charge is 2.41. The number of hydrogen-bond acceptors (Lipinski definition) is 6. The van der Waals surface area contributed by atoms with Gasteiger partial charge in [0, 0.05) is 0 Å². The second-order valence-corrected chi connectivity index (χ2v) is 5.08. The van der Waals surface area contributed by atoms with Crippen LogP contribution in [0.15, 0.2) is 17.4 Å². The molecule has 1 N–H and O–H groups in total. The third-order valence-corrected chi connectivity index (χ3v) is 3.14. The van der Waals surface area contributed by atoms with Gasteiger partial charge in [-0.2, -0.15) is 0 Å². The zero-order valence-electron chi connectivity index (χ0n) is 11.1. The first kappa shape index (κ1) is 12.9. The molecule has 0 radical (unpaired) electrons. The van der Waals surface area contributed by atoms with Crippen molar-refractivity contribution in [3.05, 3.63) is 23.0 Å². The zero-order chi connectivity index (χ0) is 14.3. The molecular formula is C12H14N4O4. The lowest BCUT2D eigenvalue weighted by Crippen LogP contribution is -2.28. The van der Waals surface area contributed by atoms with E-state index in [4.69, 9.17) is 9.47 Å². The van der Waals surface area contributed by atoms with Crippen LogP contribution in [-0.4, -0.2) is 43.8 Å². The molecule has 2 aromatic rings. The molecule has 2 atom stereocenters. The smallest absolute Gasteiger partial charge is 0.278 e. The Hall–Kier alpha value is -2.06. The number of H-pyrrole nitrogens is 1. The van der Waals surface area contributed by atoms with Gasteiger partial charge in [-0.3, -0.25) is 4.79 Å². The summed E-state index contributed by atoms with van der Waals surface area (Å²) in [7, 11) is 0. The number of aldehydes is 1. The van der Waals surface area contributed by atoms with Gasteiger partial charge in [0.25, 0.3) is 5.56 Å². The molecule has 0 amide bonds. The average Bonchev–Trinajstić information content (AvgIpc) is 2.92. The molecule has 0 unspecified atom stereocenters. The third kappa shape index (κ3) is 2.12. The van der Waals surface area contributed by atoms with Gasteiger partial charge in [-0.25, -0.2) is 9.97 Å². The second-order valence-electron chi connectivity index (χ2n) is 5.08. The molecule has 0 bridgehead atoms. The molecule has 0 aliphatic carbocycles. The Balaban J connectivity index is 1.92. The molecule has 3 rings (SSSR count). The summed E-state index contributed by atoms with van der Waals surface area (Å²) < 4.78 is 12.8. The van der Waals surface area contributed by atoms with Gasteiger partial charge in [0.05, 0.1) is 19.2 Å². The van der Waals surface area contributed by atoms with Crippen molar-refractivity contribution in [1.29, 1.82) is 0 Å². The van der Waals surface area contributed by atoms with Crippen LogP contribution < -0.4 is 5.56 Å². The third-order valence-electron chi connectivity index (χ3n) is 3.14. The van der Waals surface area contributed by atoms with E-state index in [2.05, 4.69) is 15.0 Å². The van der Waals surface area contributed by atoms with Gasteiger partial charge in [-0.05, 0) is 13.8 Å². The summed E-state index contributed by atoms with van der Waals surface area (Å²) in [6, 6.07) is 0. The zero-order valence-corrected chi connectivity index (χ0v) is 11.1. The molecule has 1 saturated heterocycles. The van der Waals surface area contributed by atoms with E-state index in [1.54, 1.807) is 18.4 Å². The fourth-order valence-electron chi connectivity index (χ4n) is 2.34. The van der Waals surface area contributed by atoms with Crippen LogP contribution in [0.25, 0.3) is 11.2 Å². The lowest BCUT2D eigenvalue weighted by Gasteiger charge is -2.17. The molecule has 106 valence electrons. The topological polar surface area (TPSA) is 99.1 Å². The summed E-state index contributed by atoms with van der Waals surface area (Å²) in [5.41, 5.74) is 0.407. The average molecular weight is 278 g/mol. The molecule has 0 spiro atoms. The number of rotatable bonds is 3. The minimum absolute atomic E-state index is 0.258. The molecular weight excluding hydrogens is 264 g/mol.